The van der Waals surface area contributed by atoms with Gasteiger partial charge < -0.3 is 0 Å². The number of benzene rings is 3. The van der Waals surface area contributed by atoms with E-state index in [1.807, 2.05) is 0 Å². The summed E-state index contributed by atoms with van der Waals surface area (Å²) < 4.78 is 66.8. The molecule has 0 aromatic heterocycles. The van der Waals surface area contributed by atoms with Crippen LogP contribution in [0.25, 0.3) is 0 Å². The number of amides is 1. The number of rotatable bonds is 8. The summed E-state index contributed by atoms with van der Waals surface area (Å²) in [6, 6.07) is 14.4. The highest BCUT2D eigenvalue weighted by atomic mass is 35.5. The first-order chi connectivity index (χ1) is 16.9. The van der Waals surface area contributed by atoms with Crippen LogP contribution >= 0.6 is 34.8 Å². The van der Waals surface area contributed by atoms with Crippen LogP contribution < -0.4 is 5.43 Å². The van der Waals surface area contributed by atoms with Gasteiger partial charge in [0.1, 0.15) is 0 Å². The van der Waals surface area contributed by atoms with Crippen LogP contribution in [0.5, 0.6) is 0 Å². The Bertz CT molecular complexity index is 1380. The van der Waals surface area contributed by atoms with Crippen LogP contribution in [0, 0.1) is 0 Å². The third kappa shape index (κ3) is 7.21. The van der Waals surface area contributed by atoms with Crippen LogP contribution in [0.1, 0.15) is 16.7 Å². The van der Waals surface area contributed by atoms with Crippen LogP contribution in [-0.2, 0) is 27.5 Å². The van der Waals surface area contributed by atoms with E-state index in [9.17, 15) is 26.4 Å². The van der Waals surface area contributed by atoms with Crippen molar-refractivity contribution in [3.63, 3.8) is 0 Å². The highest BCUT2D eigenvalue weighted by molar-refractivity contribution is 7.89. The predicted molar refractivity (Wildman–Crippen MR) is 133 cm³/mol. The molecule has 0 unspecified atom stereocenters. The van der Waals surface area contributed by atoms with Crippen molar-refractivity contribution in [2.45, 2.75) is 17.6 Å². The average Bonchev–Trinajstić information content (AvgIpc) is 2.80. The number of hydrogen-bond donors (Lipinski definition) is 1. The molecule has 1 N–H and O–H groups in total. The van der Waals surface area contributed by atoms with Crippen molar-refractivity contribution in [2.75, 3.05) is 6.54 Å². The van der Waals surface area contributed by atoms with Gasteiger partial charge in [-0.05, 0) is 48.0 Å². The van der Waals surface area contributed by atoms with Crippen molar-refractivity contribution >= 4 is 56.9 Å². The number of carbonyl (C=O) groups is 1. The number of sulfonamides is 1. The van der Waals surface area contributed by atoms with Gasteiger partial charge in [-0.15, -0.1) is 0 Å². The van der Waals surface area contributed by atoms with Crippen molar-refractivity contribution in [1.82, 2.24) is 9.73 Å². The number of alkyl halides is 3. The lowest BCUT2D eigenvalue weighted by molar-refractivity contribution is -0.137. The summed E-state index contributed by atoms with van der Waals surface area (Å²) in [4.78, 5) is 12.4. The molecule has 190 valence electrons. The van der Waals surface area contributed by atoms with E-state index in [0.29, 0.717) is 15.6 Å². The van der Waals surface area contributed by atoms with Gasteiger partial charge in [-0.1, -0.05) is 59.1 Å². The van der Waals surface area contributed by atoms with Gasteiger partial charge in [0, 0.05) is 27.2 Å². The van der Waals surface area contributed by atoms with E-state index in [4.69, 9.17) is 34.8 Å². The fraction of sp³-hybridized carbons (Fsp3) is 0.130. The highest BCUT2D eigenvalue weighted by Crippen LogP contribution is 2.31. The Balaban J connectivity index is 1.84. The zero-order valence-corrected chi connectivity index (χ0v) is 21.2. The zero-order valence-electron chi connectivity index (χ0n) is 18.1. The second-order valence-electron chi connectivity index (χ2n) is 7.34. The van der Waals surface area contributed by atoms with E-state index in [1.165, 1.54) is 60.7 Å². The summed E-state index contributed by atoms with van der Waals surface area (Å²) in [6.07, 6.45) is -3.79. The third-order valence-electron chi connectivity index (χ3n) is 4.79. The second-order valence-corrected chi connectivity index (χ2v) is 10.6. The van der Waals surface area contributed by atoms with Crippen molar-refractivity contribution in [2.24, 2.45) is 5.10 Å². The van der Waals surface area contributed by atoms with Gasteiger partial charge in [0.25, 0.3) is 5.91 Å². The molecule has 1 amide bonds. The van der Waals surface area contributed by atoms with E-state index in [2.05, 4.69) is 10.5 Å². The summed E-state index contributed by atoms with van der Waals surface area (Å²) in [5, 5.41) is 4.39. The van der Waals surface area contributed by atoms with Crippen LogP contribution in [0.15, 0.2) is 76.7 Å². The fourth-order valence-electron chi connectivity index (χ4n) is 3.06. The highest BCUT2D eigenvalue weighted by Gasteiger charge is 2.32. The molecular formula is C23H17Cl3F3N3O3S. The molecule has 6 nitrogen and oxygen atoms in total. The number of hydrogen-bond acceptors (Lipinski definition) is 4. The molecular weight excluding hydrogens is 562 g/mol. The minimum absolute atomic E-state index is 0.132. The van der Waals surface area contributed by atoms with E-state index in [-0.39, 0.29) is 22.0 Å². The monoisotopic (exact) mass is 577 g/mol. The molecule has 0 bridgehead atoms. The first kappa shape index (κ1) is 27.9. The number of halogens is 6. The number of nitrogens with one attached hydrogen (secondary N) is 1. The van der Waals surface area contributed by atoms with E-state index < -0.39 is 34.2 Å². The van der Waals surface area contributed by atoms with E-state index in [1.54, 1.807) is 0 Å². The molecule has 13 heteroatoms. The SMILES string of the molecule is O=C(CN(Cc1ccc(Cl)cc1Cl)S(=O)(=O)c1ccc(Cl)cc1)N/N=C\c1ccccc1C(F)(F)F. The molecule has 0 heterocycles. The number of carbonyl (C=O) groups excluding carboxylic acids is 1. The number of hydrazone groups is 1. The summed E-state index contributed by atoms with van der Waals surface area (Å²) in [5.41, 5.74) is 1.22. The molecule has 3 aromatic carbocycles. The molecule has 0 aliphatic heterocycles. The maximum absolute atomic E-state index is 13.3. The topological polar surface area (TPSA) is 78.8 Å². The average molecular weight is 579 g/mol. The maximum Gasteiger partial charge on any atom is 0.417 e. The van der Waals surface area contributed by atoms with Crippen LogP contribution in [0.4, 0.5) is 13.2 Å². The Hall–Kier alpha value is -2.63. The van der Waals surface area contributed by atoms with Crippen LogP contribution in [-0.4, -0.2) is 31.4 Å². The Morgan fingerprint density at radius 1 is 0.972 bits per heavy atom. The Kier molecular flexibility index (Phi) is 9.02. The largest absolute Gasteiger partial charge is 0.417 e. The Morgan fingerprint density at radius 2 is 1.61 bits per heavy atom. The van der Waals surface area contributed by atoms with E-state index in [0.717, 1.165) is 16.6 Å². The van der Waals surface area contributed by atoms with Crippen LogP contribution in [0.2, 0.25) is 15.1 Å². The minimum atomic E-state index is -4.62. The summed E-state index contributed by atoms with van der Waals surface area (Å²) in [7, 11) is -4.22. The van der Waals surface area contributed by atoms with Gasteiger partial charge in [-0.2, -0.15) is 22.6 Å². The lowest BCUT2D eigenvalue weighted by Crippen LogP contribution is -2.39. The first-order valence-corrected chi connectivity index (χ1v) is 12.6. The summed E-state index contributed by atoms with van der Waals surface area (Å²) >= 11 is 17.9. The minimum Gasteiger partial charge on any atom is -0.272 e. The molecule has 3 rings (SSSR count). The van der Waals surface area contributed by atoms with E-state index >= 15 is 0 Å². The standard InChI is InChI=1S/C23H17Cl3F3N3O3S/c24-17-7-9-19(10-8-17)36(34,35)32(13-16-5-6-18(25)11-21(16)26)14-22(33)31-30-12-15-3-1-2-4-20(15)23(27,28)29/h1-12H,13-14H2,(H,31,33)/b30-12-. The van der Waals surface area contributed by atoms with Crippen molar-refractivity contribution in [3.8, 4) is 0 Å². The molecule has 3 aromatic rings. The molecule has 0 fully saturated rings. The normalized spacial score (nSPS) is 12.3. The van der Waals surface area contributed by atoms with Crippen LogP contribution in [0.3, 0.4) is 0 Å². The zero-order chi connectivity index (χ0) is 26.5. The predicted octanol–water partition coefficient (Wildman–Crippen LogP) is 6.01. The van der Waals surface area contributed by atoms with Crippen molar-refractivity contribution < 1.29 is 26.4 Å². The molecule has 0 aliphatic rings. The molecule has 36 heavy (non-hydrogen) atoms. The Morgan fingerprint density at radius 3 is 2.25 bits per heavy atom. The lowest BCUT2D eigenvalue weighted by Gasteiger charge is -2.22. The molecule has 0 saturated heterocycles. The molecule has 0 atom stereocenters. The summed E-state index contributed by atoms with van der Waals surface area (Å²) in [5.74, 6) is -0.890. The van der Waals surface area contributed by atoms with Gasteiger partial charge in [0.2, 0.25) is 10.0 Å². The second kappa shape index (κ2) is 11.6. The van der Waals surface area contributed by atoms with Gasteiger partial charge in [-0.3, -0.25) is 4.79 Å². The van der Waals surface area contributed by atoms with Gasteiger partial charge in [-0.25, -0.2) is 13.8 Å². The van der Waals surface area contributed by atoms with Crippen molar-refractivity contribution in [1.29, 1.82) is 0 Å². The van der Waals surface area contributed by atoms with Gasteiger partial charge in [0.15, 0.2) is 0 Å². The quantitative estimate of drug-likeness (QED) is 0.263. The first-order valence-electron chi connectivity index (χ1n) is 10.1. The smallest absolute Gasteiger partial charge is 0.272 e. The van der Waals surface area contributed by atoms with Gasteiger partial charge >= 0.3 is 6.18 Å². The number of nitrogens with zero attached hydrogens (tertiary/aromatic N) is 2. The molecule has 0 aliphatic carbocycles. The lowest BCUT2D eigenvalue weighted by atomic mass is 10.1. The fourth-order valence-corrected chi connectivity index (χ4v) is 5.03. The molecule has 0 saturated carbocycles. The van der Waals surface area contributed by atoms with Crippen molar-refractivity contribution in [3.05, 3.63) is 98.5 Å². The molecule has 0 radical (unpaired) electrons. The Labute approximate surface area is 220 Å². The third-order valence-corrected chi connectivity index (χ3v) is 7.44. The molecule has 0 spiro atoms. The maximum atomic E-state index is 13.3. The van der Waals surface area contributed by atoms with Gasteiger partial charge in [0.05, 0.1) is 23.2 Å². The summed E-state index contributed by atoms with van der Waals surface area (Å²) in [6.45, 7) is -1.00.